The largest absolute Gasteiger partial charge is 0.352 e. The van der Waals surface area contributed by atoms with Crippen molar-refractivity contribution in [2.45, 2.75) is 47.1 Å². The minimum absolute atomic E-state index is 0.485. The third kappa shape index (κ3) is 7.39. The van der Waals surface area contributed by atoms with Crippen LogP contribution in [0.25, 0.3) is 0 Å². The highest BCUT2D eigenvalue weighted by Gasteiger charge is 1.99. The van der Waals surface area contributed by atoms with Crippen molar-refractivity contribution in [2.24, 2.45) is 5.73 Å². The van der Waals surface area contributed by atoms with E-state index in [9.17, 15) is 4.79 Å². The number of hydrogen-bond acceptors (Lipinski definition) is 1. The summed E-state index contributed by atoms with van der Waals surface area (Å²) in [6.07, 6.45) is 2.64. The zero-order valence-electron chi connectivity index (χ0n) is 11.3. The van der Waals surface area contributed by atoms with Gasteiger partial charge in [-0.1, -0.05) is 50.5 Å². The molecule has 1 rings (SSSR count). The highest BCUT2D eigenvalue weighted by atomic mass is 16.2. The summed E-state index contributed by atoms with van der Waals surface area (Å²) in [5.41, 5.74) is 8.44. The molecule has 3 N–H and O–H groups in total. The predicted molar refractivity (Wildman–Crippen MR) is 72.9 cm³/mol. The van der Waals surface area contributed by atoms with Crippen LogP contribution in [0, 0.1) is 13.8 Å². The van der Waals surface area contributed by atoms with Gasteiger partial charge in [0.05, 0.1) is 0 Å². The van der Waals surface area contributed by atoms with Crippen LogP contribution in [-0.2, 0) is 6.54 Å². The van der Waals surface area contributed by atoms with Crippen molar-refractivity contribution in [3.05, 3.63) is 34.9 Å². The van der Waals surface area contributed by atoms with Crippen LogP contribution in [0.15, 0.2) is 18.2 Å². The maximum absolute atomic E-state index is 10.5. The molecule has 0 unspecified atom stereocenters. The molecular formula is C14H24N2O. The quantitative estimate of drug-likeness (QED) is 0.831. The van der Waals surface area contributed by atoms with Crippen LogP contribution in [-0.4, -0.2) is 6.03 Å². The van der Waals surface area contributed by atoms with Gasteiger partial charge >= 0.3 is 6.03 Å². The van der Waals surface area contributed by atoms with Gasteiger partial charge in [-0.05, 0) is 25.0 Å². The van der Waals surface area contributed by atoms with Gasteiger partial charge in [0.1, 0.15) is 0 Å². The number of primary amides is 1. The van der Waals surface area contributed by atoms with Crippen molar-refractivity contribution in [2.75, 3.05) is 0 Å². The van der Waals surface area contributed by atoms with Crippen LogP contribution < -0.4 is 11.1 Å². The molecule has 1 aromatic carbocycles. The number of carbonyl (C=O) groups is 1. The Morgan fingerprint density at radius 3 is 2.29 bits per heavy atom. The molecule has 0 atom stereocenters. The normalized spacial score (nSPS) is 9.18. The first-order valence-corrected chi connectivity index (χ1v) is 6.10. The lowest BCUT2D eigenvalue weighted by Gasteiger charge is -2.06. The average Bonchev–Trinajstić information content (AvgIpc) is 2.30. The first kappa shape index (κ1) is 15.5. The van der Waals surface area contributed by atoms with Gasteiger partial charge in [-0.15, -0.1) is 0 Å². The number of benzene rings is 1. The Balaban J connectivity index is 0.000000557. The molecule has 2 amide bonds. The monoisotopic (exact) mass is 236 g/mol. The Hall–Kier alpha value is -1.51. The van der Waals surface area contributed by atoms with Gasteiger partial charge in [0.25, 0.3) is 0 Å². The number of hydrogen-bond donors (Lipinski definition) is 2. The molecule has 0 aliphatic rings. The van der Waals surface area contributed by atoms with Crippen molar-refractivity contribution in [3.8, 4) is 0 Å². The number of amides is 2. The second kappa shape index (κ2) is 8.62. The van der Waals surface area contributed by atoms with E-state index in [1.165, 1.54) is 24.0 Å². The number of unbranched alkanes of at least 4 members (excludes halogenated alkanes) is 1. The van der Waals surface area contributed by atoms with Gasteiger partial charge in [0, 0.05) is 6.54 Å². The molecule has 1 aromatic rings. The number of aryl methyl sites for hydroxylation is 2. The van der Waals surface area contributed by atoms with Crippen LogP contribution in [0.1, 0.15) is 43.4 Å². The van der Waals surface area contributed by atoms with E-state index >= 15 is 0 Å². The first-order valence-electron chi connectivity index (χ1n) is 6.10. The molecule has 0 saturated heterocycles. The van der Waals surface area contributed by atoms with Gasteiger partial charge in [-0.3, -0.25) is 0 Å². The van der Waals surface area contributed by atoms with Crippen LogP contribution in [0.2, 0.25) is 0 Å². The van der Waals surface area contributed by atoms with Crippen LogP contribution in [0.3, 0.4) is 0 Å². The number of rotatable bonds is 3. The standard InChI is InChI=1S/C10H14N2O.C4H10/c1-7-3-4-8(2)9(5-7)6-12-10(11)13;1-3-4-2/h3-5H,6H2,1-2H3,(H3,11,12,13);3-4H2,1-2H3. The van der Waals surface area contributed by atoms with Crippen molar-refractivity contribution in [1.82, 2.24) is 5.32 Å². The molecule has 96 valence electrons. The van der Waals surface area contributed by atoms with Crippen molar-refractivity contribution < 1.29 is 4.79 Å². The Kier molecular flexibility index (Phi) is 7.85. The van der Waals surface area contributed by atoms with Crippen LogP contribution in [0.4, 0.5) is 4.79 Å². The zero-order valence-corrected chi connectivity index (χ0v) is 11.3. The fourth-order valence-corrected chi connectivity index (χ4v) is 1.17. The van der Waals surface area contributed by atoms with Gasteiger partial charge < -0.3 is 11.1 Å². The van der Waals surface area contributed by atoms with Crippen LogP contribution >= 0.6 is 0 Å². The first-order chi connectivity index (χ1) is 8.01. The topological polar surface area (TPSA) is 55.1 Å². The molecule has 0 spiro atoms. The molecule has 0 radical (unpaired) electrons. The van der Waals surface area contributed by atoms with E-state index in [2.05, 4.69) is 19.2 Å². The van der Waals surface area contributed by atoms with E-state index in [1.807, 2.05) is 32.0 Å². The predicted octanol–water partition coefficient (Wildman–Crippen LogP) is 3.28. The number of nitrogens with one attached hydrogen (secondary N) is 1. The molecule has 3 heteroatoms. The zero-order chi connectivity index (χ0) is 13.3. The fraction of sp³-hybridized carbons (Fsp3) is 0.500. The molecule has 0 heterocycles. The Labute approximate surface area is 104 Å². The molecule has 17 heavy (non-hydrogen) atoms. The lowest BCUT2D eigenvalue weighted by molar-refractivity contribution is 0.248. The molecule has 0 bridgehead atoms. The van der Waals surface area contributed by atoms with E-state index in [0.717, 1.165) is 5.56 Å². The molecule has 0 saturated carbocycles. The van der Waals surface area contributed by atoms with E-state index < -0.39 is 6.03 Å². The number of urea groups is 1. The van der Waals surface area contributed by atoms with Gasteiger partial charge in [-0.2, -0.15) is 0 Å². The van der Waals surface area contributed by atoms with Crippen molar-refractivity contribution in [1.29, 1.82) is 0 Å². The molecule has 0 fully saturated rings. The summed E-state index contributed by atoms with van der Waals surface area (Å²) < 4.78 is 0. The van der Waals surface area contributed by atoms with Crippen molar-refractivity contribution >= 4 is 6.03 Å². The Morgan fingerprint density at radius 2 is 1.82 bits per heavy atom. The smallest absolute Gasteiger partial charge is 0.312 e. The van der Waals surface area contributed by atoms with E-state index in [4.69, 9.17) is 5.73 Å². The SMILES string of the molecule is CCCC.Cc1ccc(C)c(CNC(N)=O)c1. The fourth-order valence-electron chi connectivity index (χ4n) is 1.17. The second-order valence-electron chi connectivity index (χ2n) is 4.15. The summed E-state index contributed by atoms with van der Waals surface area (Å²) >= 11 is 0. The highest BCUT2D eigenvalue weighted by molar-refractivity contribution is 5.71. The van der Waals surface area contributed by atoms with E-state index in [1.54, 1.807) is 0 Å². The molecular weight excluding hydrogens is 212 g/mol. The molecule has 0 aliphatic carbocycles. The average molecular weight is 236 g/mol. The summed E-state index contributed by atoms with van der Waals surface area (Å²) in [6.45, 7) is 8.90. The summed E-state index contributed by atoms with van der Waals surface area (Å²) in [4.78, 5) is 10.5. The van der Waals surface area contributed by atoms with Gasteiger partial charge in [0.15, 0.2) is 0 Å². The van der Waals surface area contributed by atoms with Gasteiger partial charge in [-0.25, -0.2) is 4.79 Å². The number of carbonyl (C=O) groups excluding carboxylic acids is 1. The second-order valence-corrected chi connectivity index (χ2v) is 4.15. The van der Waals surface area contributed by atoms with E-state index in [0.29, 0.717) is 6.54 Å². The molecule has 3 nitrogen and oxygen atoms in total. The Morgan fingerprint density at radius 1 is 1.24 bits per heavy atom. The summed E-state index contributed by atoms with van der Waals surface area (Å²) in [6, 6.07) is 5.64. The maximum Gasteiger partial charge on any atom is 0.312 e. The maximum atomic E-state index is 10.5. The third-order valence-electron chi connectivity index (χ3n) is 2.46. The minimum Gasteiger partial charge on any atom is -0.352 e. The molecule has 0 aliphatic heterocycles. The van der Waals surface area contributed by atoms with Crippen LogP contribution in [0.5, 0.6) is 0 Å². The summed E-state index contributed by atoms with van der Waals surface area (Å²) in [5, 5.41) is 2.57. The third-order valence-corrected chi connectivity index (χ3v) is 2.46. The van der Waals surface area contributed by atoms with Crippen molar-refractivity contribution in [3.63, 3.8) is 0 Å². The number of nitrogens with two attached hydrogens (primary N) is 1. The summed E-state index contributed by atoms with van der Waals surface area (Å²) in [5.74, 6) is 0. The lowest BCUT2D eigenvalue weighted by atomic mass is 10.1. The highest BCUT2D eigenvalue weighted by Crippen LogP contribution is 2.09. The summed E-state index contributed by atoms with van der Waals surface area (Å²) in [7, 11) is 0. The van der Waals surface area contributed by atoms with E-state index in [-0.39, 0.29) is 0 Å². The van der Waals surface area contributed by atoms with Gasteiger partial charge in [0.2, 0.25) is 0 Å². The lowest BCUT2D eigenvalue weighted by Crippen LogP contribution is -2.28. The minimum atomic E-state index is -0.485. The Bertz CT molecular complexity index is 346. The molecule has 0 aromatic heterocycles.